The van der Waals surface area contributed by atoms with Gasteiger partial charge in [-0.05, 0) is 18.6 Å². The van der Waals surface area contributed by atoms with Crippen LogP contribution in [0.25, 0.3) is 11.3 Å². The summed E-state index contributed by atoms with van der Waals surface area (Å²) in [4.78, 5) is 10.9. The minimum absolute atomic E-state index is 0.216. The summed E-state index contributed by atoms with van der Waals surface area (Å²) in [5, 5.41) is 12.7. The Morgan fingerprint density at radius 2 is 1.95 bits per heavy atom. The molecule has 0 amide bonds. The number of aromatic nitrogens is 1. The average Bonchev–Trinajstić information content (AvgIpc) is 2.95. The summed E-state index contributed by atoms with van der Waals surface area (Å²) in [5.41, 5.74) is 1.98. The smallest absolute Gasteiger partial charge is 0.374 e. The van der Waals surface area contributed by atoms with Gasteiger partial charge in [0.25, 0.3) is 0 Å². The molecule has 1 N–H and O–H groups in total. The third-order valence-electron chi connectivity index (χ3n) is 3.00. The van der Waals surface area contributed by atoms with E-state index in [2.05, 4.69) is 5.16 Å². The van der Waals surface area contributed by atoms with Crippen LogP contribution < -0.4 is 9.47 Å². The number of carboxylic acids is 1. The van der Waals surface area contributed by atoms with Crippen molar-refractivity contribution >= 4 is 5.97 Å². The van der Waals surface area contributed by atoms with Crippen molar-refractivity contribution in [3.63, 3.8) is 0 Å². The maximum Gasteiger partial charge on any atom is 0.374 e. The summed E-state index contributed by atoms with van der Waals surface area (Å²) in [6.07, 6.45) is 0.685. The molecular formula is C14H15NO5. The summed E-state index contributed by atoms with van der Waals surface area (Å²) >= 11 is 0. The molecule has 6 heteroatoms. The SMILES string of the molecule is CCc1c(OC)ccc(OC)c1-c1cc(C(=O)O)on1. The molecule has 0 atom stereocenters. The van der Waals surface area contributed by atoms with Gasteiger partial charge in [-0.1, -0.05) is 12.1 Å². The predicted octanol–water partition coefficient (Wildman–Crippen LogP) is 2.62. The Bertz CT molecular complexity index is 632. The van der Waals surface area contributed by atoms with E-state index in [0.717, 1.165) is 5.56 Å². The third kappa shape index (κ3) is 2.32. The molecule has 0 radical (unpaired) electrons. The molecule has 0 aliphatic rings. The Morgan fingerprint density at radius 3 is 2.45 bits per heavy atom. The third-order valence-corrected chi connectivity index (χ3v) is 3.00. The van der Waals surface area contributed by atoms with Gasteiger partial charge in [0.2, 0.25) is 5.76 Å². The summed E-state index contributed by atoms with van der Waals surface area (Å²) in [6, 6.07) is 4.93. The first kappa shape index (κ1) is 13.9. The highest BCUT2D eigenvalue weighted by atomic mass is 16.5. The molecule has 0 bridgehead atoms. The van der Waals surface area contributed by atoms with Crippen LogP contribution in [0.2, 0.25) is 0 Å². The fourth-order valence-corrected chi connectivity index (χ4v) is 2.09. The fourth-order valence-electron chi connectivity index (χ4n) is 2.09. The maximum atomic E-state index is 10.9. The molecule has 6 nitrogen and oxygen atoms in total. The monoisotopic (exact) mass is 277 g/mol. The quantitative estimate of drug-likeness (QED) is 0.904. The molecule has 1 aromatic heterocycles. The first-order valence-corrected chi connectivity index (χ1v) is 6.06. The Kier molecular flexibility index (Phi) is 3.93. The Labute approximate surface area is 115 Å². The molecule has 0 unspecified atom stereocenters. The van der Waals surface area contributed by atoms with Crippen LogP contribution in [0.3, 0.4) is 0 Å². The van der Waals surface area contributed by atoms with Gasteiger partial charge in [0, 0.05) is 11.6 Å². The topological polar surface area (TPSA) is 81.8 Å². The van der Waals surface area contributed by atoms with E-state index in [9.17, 15) is 4.79 Å². The Balaban J connectivity index is 2.65. The number of nitrogens with zero attached hydrogens (tertiary/aromatic N) is 1. The van der Waals surface area contributed by atoms with Crippen LogP contribution in [0.1, 0.15) is 23.0 Å². The van der Waals surface area contributed by atoms with Crippen molar-refractivity contribution in [2.24, 2.45) is 0 Å². The van der Waals surface area contributed by atoms with Crippen LogP contribution in [0.5, 0.6) is 11.5 Å². The number of rotatable bonds is 5. The van der Waals surface area contributed by atoms with Crippen molar-refractivity contribution in [3.8, 4) is 22.8 Å². The number of hydrogen-bond donors (Lipinski definition) is 1. The largest absolute Gasteiger partial charge is 0.496 e. The fraction of sp³-hybridized carbons (Fsp3) is 0.286. The molecule has 106 valence electrons. The van der Waals surface area contributed by atoms with Gasteiger partial charge in [-0.3, -0.25) is 0 Å². The lowest BCUT2D eigenvalue weighted by atomic mass is 9.99. The van der Waals surface area contributed by atoms with Crippen molar-refractivity contribution in [3.05, 3.63) is 29.5 Å². The van der Waals surface area contributed by atoms with Gasteiger partial charge in [0.05, 0.1) is 19.8 Å². The van der Waals surface area contributed by atoms with Crippen LogP contribution in [-0.2, 0) is 6.42 Å². The zero-order chi connectivity index (χ0) is 14.7. The standard InChI is InChI=1S/C14H15NO5/c1-4-8-10(18-2)5-6-11(19-3)13(8)9-7-12(14(16)17)20-15-9/h5-7H,4H2,1-3H3,(H,16,17). The zero-order valence-electron chi connectivity index (χ0n) is 11.5. The lowest BCUT2D eigenvalue weighted by Crippen LogP contribution is -1.98. The molecular weight excluding hydrogens is 262 g/mol. The number of ether oxygens (including phenoxy) is 2. The van der Waals surface area contributed by atoms with Crippen LogP contribution in [0.15, 0.2) is 22.7 Å². The van der Waals surface area contributed by atoms with Crippen LogP contribution in [0, 0.1) is 0 Å². The minimum atomic E-state index is -1.16. The zero-order valence-corrected chi connectivity index (χ0v) is 11.5. The van der Waals surface area contributed by atoms with E-state index in [1.807, 2.05) is 6.92 Å². The Morgan fingerprint density at radius 1 is 1.30 bits per heavy atom. The van der Waals surface area contributed by atoms with Crippen molar-refractivity contribution in [2.75, 3.05) is 14.2 Å². The molecule has 0 saturated heterocycles. The number of carbonyl (C=O) groups is 1. The van der Waals surface area contributed by atoms with Gasteiger partial charge in [0.1, 0.15) is 17.2 Å². The van der Waals surface area contributed by atoms with E-state index in [1.54, 1.807) is 26.4 Å². The van der Waals surface area contributed by atoms with Crippen LogP contribution >= 0.6 is 0 Å². The molecule has 1 aromatic carbocycles. The van der Waals surface area contributed by atoms with Gasteiger partial charge < -0.3 is 19.1 Å². The molecule has 0 saturated carbocycles. The van der Waals surface area contributed by atoms with Crippen LogP contribution in [0.4, 0.5) is 0 Å². The highest BCUT2D eigenvalue weighted by Crippen LogP contribution is 2.38. The van der Waals surface area contributed by atoms with Crippen molar-refractivity contribution < 1.29 is 23.9 Å². The first-order valence-electron chi connectivity index (χ1n) is 6.06. The van der Waals surface area contributed by atoms with Gasteiger partial charge in [-0.2, -0.15) is 0 Å². The van der Waals surface area contributed by atoms with Crippen molar-refractivity contribution in [2.45, 2.75) is 13.3 Å². The second-order valence-corrected chi connectivity index (χ2v) is 4.06. The highest BCUT2D eigenvalue weighted by Gasteiger charge is 2.20. The van der Waals surface area contributed by atoms with Crippen molar-refractivity contribution in [1.29, 1.82) is 0 Å². The summed E-state index contributed by atoms with van der Waals surface area (Å²) in [6.45, 7) is 1.97. The number of carboxylic acid groups (broad SMARTS) is 1. The molecule has 2 aromatic rings. The van der Waals surface area contributed by atoms with E-state index in [0.29, 0.717) is 29.2 Å². The van der Waals surface area contributed by atoms with Crippen molar-refractivity contribution in [1.82, 2.24) is 5.16 Å². The van der Waals surface area contributed by atoms with Crippen LogP contribution in [-0.4, -0.2) is 30.5 Å². The lowest BCUT2D eigenvalue weighted by Gasteiger charge is -2.14. The molecule has 1 heterocycles. The lowest BCUT2D eigenvalue weighted by molar-refractivity contribution is 0.0652. The second kappa shape index (κ2) is 5.64. The van der Waals surface area contributed by atoms with Gasteiger partial charge in [0.15, 0.2) is 0 Å². The molecule has 0 aliphatic heterocycles. The average molecular weight is 277 g/mol. The summed E-state index contributed by atoms with van der Waals surface area (Å²) < 4.78 is 15.5. The van der Waals surface area contributed by atoms with E-state index < -0.39 is 5.97 Å². The number of hydrogen-bond acceptors (Lipinski definition) is 5. The van der Waals surface area contributed by atoms with Gasteiger partial charge in [-0.25, -0.2) is 4.79 Å². The highest BCUT2D eigenvalue weighted by molar-refractivity contribution is 5.86. The number of benzene rings is 1. The molecule has 20 heavy (non-hydrogen) atoms. The molecule has 2 rings (SSSR count). The molecule has 0 aliphatic carbocycles. The molecule has 0 spiro atoms. The Hall–Kier alpha value is -2.50. The maximum absolute atomic E-state index is 10.9. The van der Waals surface area contributed by atoms with E-state index in [1.165, 1.54) is 6.07 Å². The minimum Gasteiger partial charge on any atom is -0.496 e. The molecule has 0 fully saturated rings. The normalized spacial score (nSPS) is 10.3. The van der Waals surface area contributed by atoms with E-state index in [-0.39, 0.29) is 5.76 Å². The first-order chi connectivity index (χ1) is 9.62. The van der Waals surface area contributed by atoms with Gasteiger partial charge >= 0.3 is 5.97 Å². The number of aromatic carboxylic acids is 1. The van der Waals surface area contributed by atoms with Gasteiger partial charge in [-0.15, -0.1) is 0 Å². The number of methoxy groups -OCH3 is 2. The second-order valence-electron chi connectivity index (χ2n) is 4.06. The summed E-state index contributed by atoms with van der Waals surface area (Å²) in [5.74, 6) is -0.0911. The van der Waals surface area contributed by atoms with E-state index in [4.69, 9.17) is 19.1 Å². The predicted molar refractivity (Wildman–Crippen MR) is 71.4 cm³/mol. The summed E-state index contributed by atoms with van der Waals surface area (Å²) in [7, 11) is 3.12. The van der Waals surface area contributed by atoms with E-state index >= 15 is 0 Å².